The predicted molar refractivity (Wildman–Crippen MR) is 203 cm³/mol. The van der Waals surface area contributed by atoms with E-state index in [1.54, 1.807) is 36.5 Å². The number of hydrogen-bond acceptors (Lipinski definition) is 7. The highest BCUT2D eigenvalue weighted by molar-refractivity contribution is 5.98. The maximum absolute atomic E-state index is 14.1. The van der Waals surface area contributed by atoms with Crippen LogP contribution in [-0.4, -0.2) is 78.5 Å². The minimum atomic E-state index is -4.54. The van der Waals surface area contributed by atoms with Crippen LogP contribution in [0.3, 0.4) is 0 Å². The first-order valence-corrected chi connectivity index (χ1v) is 18.4. The van der Waals surface area contributed by atoms with Gasteiger partial charge in [0.25, 0.3) is 5.91 Å². The SMILES string of the molecule is COc1cc(C(=O)N2C=CC(CCN3CCC(C(=O)c4nc5ccccc5n4Cc4ccc(F)cc4)CC3)(c3cccc(C(F)(F)F)c3)C2)cc(OC)c1OC. The van der Waals surface area contributed by atoms with Crippen LogP contribution in [0.4, 0.5) is 17.6 Å². The Morgan fingerprint density at radius 3 is 2.23 bits per heavy atom. The van der Waals surface area contributed by atoms with Gasteiger partial charge in [-0.15, -0.1) is 0 Å². The highest BCUT2D eigenvalue weighted by Gasteiger charge is 2.41. The molecule has 9 nitrogen and oxygen atoms in total. The molecule has 0 bridgehead atoms. The molecule has 292 valence electrons. The van der Waals surface area contributed by atoms with Gasteiger partial charge in [-0.1, -0.05) is 48.5 Å². The van der Waals surface area contributed by atoms with Crippen molar-refractivity contribution in [2.75, 3.05) is 47.5 Å². The number of likely N-dealkylation sites (tertiary alicyclic amines) is 1. The maximum atomic E-state index is 14.1. The van der Waals surface area contributed by atoms with Crippen LogP contribution in [0.2, 0.25) is 0 Å². The number of halogens is 4. The monoisotopic (exact) mass is 770 g/mol. The van der Waals surface area contributed by atoms with Crippen LogP contribution in [0.5, 0.6) is 17.2 Å². The molecule has 0 N–H and O–H groups in total. The molecular weight excluding hydrogens is 728 g/mol. The Morgan fingerprint density at radius 1 is 0.875 bits per heavy atom. The van der Waals surface area contributed by atoms with Gasteiger partial charge < -0.3 is 28.6 Å². The lowest BCUT2D eigenvalue weighted by atomic mass is 9.77. The van der Waals surface area contributed by atoms with E-state index in [9.17, 15) is 27.2 Å². The number of aromatic nitrogens is 2. The number of imidazole rings is 1. The summed E-state index contributed by atoms with van der Waals surface area (Å²) in [5, 5.41) is 0. The summed E-state index contributed by atoms with van der Waals surface area (Å²) in [7, 11) is 4.36. The van der Waals surface area contributed by atoms with Gasteiger partial charge in [-0.25, -0.2) is 9.37 Å². The minimum Gasteiger partial charge on any atom is -0.493 e. The van der Waals surface area contributed by atoms with Crippen molar-refractivity contribution in [1.82, 2.24) is 19.4 Å². The molecule has 1 aromatic heterocycles. The van der Waals surface area contributed by atoms with Crippen LogP contribution in [0.25, 0.3) is 11.0 Å². The molecular formula is C43H42F4N4O5. The molecule has 0 aliphatic carbocycles. The number of carbonyl (C=O) groups excluding carboxylic acids is 2. The van der Waals surface area contributed by atoms with Gasteiger partial charge in [0.05, 0.1) is 37.9 Å². The summed E-state index contributed by atoms with van der Waals surface area (Å²) in [6.45, 7) is 2.21. The van der Waals surface area contributed by atoms with E-state index in [1.807, 2.05) is 34.9 Å². The number of carbonyl (C=O) groups is 2. The topological polar surface area (TPSA) is 86.1 Å². The zero-order valence-electron chi connectivity index (χ0n) is 31.3. The van der Waals surface area contributed by atoms with Crippen molar-refractivity contribution in [3.05, 3.63) is 131 Å². The third-order valence-electron chi connectivity index (χ3n) is 10.9. The van der Waals surface area contributed by atoms with Gasteiger partial charge in [-0.3, -0.25) is 9.59 Å². The smallest absolute Gasteiger partial charge is 0.416 e. The highest BCUT2D eigenvalue weighted by Crippen LogP contribution is 2.42. The number of methoxy groups -OCH3 is 3. The molecule has 0 spiro atoms. The summed E-state index contributed by atoms with van der Waals surface area (Å²) in [6.07, 6.45) is 0.498. The van der Waals surface area contributed by atoms with Gasteiger partial charge in [0.2, 0.25) is 11.5 Å². The molecule has 1 saturated heterocycles. The molecule has 1 atom stereocenters. The van der Waals surface area contributed by atoms with Crippen molar-refractivity contribution in [2.24, 2.45) is 5.92 Å². The Labute approximate surface area is 322 Å². The second-order valence-corrected chi connectivity index (χ2v) is 14.3. The Morgan fingerprint density at radius 2 is 1.57 bits per heavy atom. The molecule has 0 radical (unpaired) electrons. The van der Waals surface area contributed by atoms with E-state index < -0.39 is 17.2 Å². The molecule has 1 unspecified atom stereocenters. The van der Waals surface area contributed by atoms with E-state index in [4.69, 9.17) is 19.2 Å². The van der Waals surface area contributed by atoms with E-state index >= 15 is 0 Å². The van der Waals surface area contributed by atoms with Crippen molar-refractivity contribution < 1.29 is 41.4 Å². The number of ketones is 1. The fraction of sp³-hybridized carbons (Fsp3) is 0.326. The molecule has 5 aromatic rings. The average molecular weight is 771 g/mol. The molecule has 13 heteroatoms. The standard InChI is InChI=1S/C43H42F4N4O5/c1-54-36-23-30(24-37(55-2)39(36)56-3)41(53)50-22-18-42(27-50,31-7-6-8-32(25-31)43(45,46)47)17-21-49-19-15-29(16-20-49)38(52)40-48-34-9-4-5-10-35(34)51(40)26-28-11-13-33(44)14-12-28/h4-14,18,22-25,29H,15-17,19-21,26-27H2,1-3H3. The van der Waals surface area contributed by atoms with Gasteiger partial charge >= 0.3 is 6.18 Å². The number of benzene rings is 4. The zero-order valence-corrected chi connectivity index (χ0v) is 31.3. The molecule has 7 rings (SSSR count). The van der Waals surface area contributed by atoms with Gasteiger partial charge in [-0.2, -0.15) is 13.2 Å². The molecule has 2 aliphatic rings. The summed E-state index contributed by atoms with van der Waals surface area (Å²) in [5.74, 6) is 0.261. The van der Waals surface area contributed by atoms with E-state index in [1.165, 1.54) is 50.5 Å². The Kier molecular flexibility index (Phi) is 10.9. The largest absolute Gasteiger partial charge is 0.493 e. The number of hydrogen-bond donors (Lipinski definition) is 0. The van der Waals surface area contributed by atoms with Crippen molar-refractivity contribution in [2.45, 2.75) is 37.4 Å². The average Bonchev–Trinajstić information content (AvgIpc) is 3.82. The van der Waals surface area contributed by atoms with Crippen LogP contribution < -0.4 is 14.2 Å². The zero-order chi connectivity index (χ0) is 39.6. The van der Waals surface area contributed by atoms with Gasteiger partial charge in [0.15, 0.2) is 17.3 Å². The molecule has 1 fully saturated rings. The van der Waals surface area contributed by atoms with E-state index in [0.29, 0.717) is 79.6 Å². The number of nitrogens with zero attached hydrogens (tertiary/aromatic N) is 4. The lowest BCUT2D eigenvalue weighted by molar-refractivity contribution is -0.137. The van der Waals surface area contributed by atoms with Crippen LogP contribution in [-0.2, 0) is 18.1 Å². The second kappa shape index (κ2) is 15.8. The van der Waals surface area contributed by atoms with Crippen LogP contribution >= 0.6 is 0 Å². The maximum Gasteiger partial charge on any atom is 0.416 e. The number of rotatable bonds is 12. The number of piperidine rings is 1. The number of fused-ring (bicyclic) bond motifs is 1. The quantitative estimate of drug-likeness (QED) is 0.0936. The summed E-state index contributed by atoms with van der Waals surface area (Å²) in [5.41, 5.74) is 1.41. The predicted octanol–water partition coefficient (Wildman–Crippen LogP) is 8.16. The molecule has 1 amide bonds. The second-order valence-electron chi connectivity index (χ2n) is 14.3. The fourth-order valence-electron chi connectivity index (χ4n) is 7.81. The Hall–Kier alpha value is -5.69. The first kappa shape index (κ1) is 38.6. The number of Topliss-reactive ketones (excluding diaryl/α,β-unsaturated/α-hetero) is 1. The number of alkyl halides is 3. The Bertz CT molecular complexity index is 2240. The number of amides is 1. The number of ether oxygens (including phenoxy) is 3. The van der Waals surface area contributed by atoms with Crippen molar-refractivity contribution in [3.8, 4) is 17.2 Å². The van der Waals surface area contributed by atoms with Gasteiger partial charge in [0, 0.05) is 36.2 Å². The van der Waals surface area contributed by atoms with Crippen molar-refractivity contribution in [3.63, 3.8) is 0 Å². The molecule has 0 saturated carbocycles. The first-order valence-electron chi connectivity index (χ1n) is 18.4. The number of para-hydroxylation sites is 2. The van der Waals surface area contributed by atoms with Crippen molar-refractivity contribution >= 4 is 22.7 Å². The van der Waals surface area contributed by atoms with Crippen LogP contribution in [0, 0.1) is 11.7 Å². The molecule has 4 aromatic carbocycles. The van der Waals surface area contributed by atoms with Crippen LogP contribution in [0.1, 0.15) is 56.9 Å². The third-order valence-corrected chi connectivity index (χ3v) is 10.9. The van der Waals surface area contributed by atoms with Crippen LogP contribution in [0.15, 0.2) is 97.2 Å². The first-order chi connectivity index (χ1) is 26.9. The summed E-state index contributed by atoms with van der Waals surface area (Å²) in [4.78, 5) is 36.5. The van der Waals surface area contributed by atoms with Gasteiger partial charge in [-0.05, 0) is 92.5 Å². The highest BCUT2D eigenvalue weighted by atomic mass is 19.4. The minimum absolute atomic E-state index is 0.0527. The lowest BCUT2D eigenvalue weighted by Gasteiger charge is -2.36. The lowest BCUT2D eigenvalue weighted by Crippen LogP contribution is -2.41. The Balaban J connectivity index is 1.08. The summed E-state index contributed by atoms with van der Waals surface area (Å²) < 4.78 is 73.7. The third kappa shape index (κ3) is 7.73. The van der Waals surface area contributed by atoms with E-state index in [0.717, 1.165) is 17.1 Å². The van der Waals surface area contributed by atoms with Gasteiger partial charge in [0.1, 0.15) is 5.82 Å². The summed E-state index contributed by atoms with van der Waals surface area (Å²) >= 11 is 0. The summed E-state index contributed by atoms with van der Waals surface area (Å²) in [6, 6.07) is 22.1. The van der Waals surface area contributed by atoms with E-state index in [2.05, 4.69) is 4.90 Å². The fourth-order valence-corrected chi connectivity index (χ4v) is 7.81. The molecule has 3 heterocycles. The van der Waals surface area contributed by atoms with E-state index in [-0.39, 0.29) is 35.5 Å². The van der Waals surface area contributed by atoms with Crippen molar-refractivity contribution in [1.29, 1.82) is 0 Å². The normalized spacial score (nSPS) is 17.7. The molecule has 56 heavy (non-hydrogen) atoms. The molecule has 2 aliphatic heterocycles.